The predicted octanol–water partition coefficient (Wildman–Crippen LogP) is 4.07. The summed E-state index contributed by atoms with van der Waals surface area (Å²) in [6.45, 7) is 13.8. The zero-order valence-corrected chi connectivity index (χ0v) is 16.9. The van der Waals surface area contributed by atoms with Crippen molar-refractivity contribution in [3.63, 3.8) is 0 Å². The Balaban J connectivity index is 0.00000484. The van der Waals surface area contributed by atoms with Gasteiger partial charge in [-0.25, -0.2) is 0 Å². The fourth-order valence-corrected chi connectivity index (χ4v) is 3.51. The van der Waals surface area contributed by atoms with E-state index < -0.39 is 7.60 Å². The number of hydrogen-bond acceptors (Lipinski definition) is 4. The Hall–Kier alpha value is -0.336. The third-order valence-corrected chi connectivity index (χ3v) is 4.89. The van der Waals surface area contributed by atoms with E-state index in [9.17, 15) is 14.6 Å². The molecule has 1 atom stereocenters. The van der Waals surface area contributed by atoms with Gasteiger partial charge in [-0.1, -0.05) is 53.7 Å². The van der Waals surface area contributed by atoms with Crippen LogP contribution in [0.5, 0.6) is 5.75 Å². The summed E-state index contributed by atoms with van der Waals surface area (Å²) < 4.78 is 16.8. The van der Waals surface area contributed by atoms with Gasteiger partial charge in [-0.15, -0.1) is 0 Å². The minimum absolute atomic E-state index is 0. The Morgan fingerprint density at radius 3 is 1.78 bits per heavy atom. The molecule has 0 bridgehead atoms. The second kappa shape index (κ2) is 7.70. The molecule has 0 saturated carbocycles. The Morgan fingerprint density at radius 1 is 1.09 bits per heavy atom. The van der Waals surface area contributed by atoms with E-state index in [4.69, 9.17) is 4.52 Å². The summed E-state index contributed by atoms with van der Waals surface area (Å²) in [5, 5.41) is 10.6. The van der Waals surface area contributed by atoms with Crippen LogP contribution in [0, 0.1) is 0 Å². The van der Waals surface area contributed by atoms with Crippen LogP contribution in [-0.2, 0) is 42.6 Å². The largest absolute Gasteiger partial charge is 0.778 e. The van der Waals surface area contributed by atoms with Crippen molar-refractivity contribution < 1.29 is 35.6 Å². The molecule has 0 radical (unpaired) electrons. The predicted molar refractivity (Wildman–Crippen MR) is 88.4 cm³/mol. The summed E-state index contributed by atoms with van der Waals surface area (Å²) in [5.74, 6) is 0.251. The molecule has 23 heavy (non-hydrogen) atoms. The Kier molecular flexibility index (Phi) is 7.59. The first-order valence-electron chi connectivity index (χ1n) is 7.59. The quantitative estimate of drug-likeness (QED) is 0.626. The van der Waals surface area contributed by atoms with Crippen molar-refractivity contribution in [3.05, 3.63) is 28.8 Å². The zero-order chi connectivity index (χ0) is 17.3. The SMILES string of the molecule is CCOP(=O)([O-])Cc1cc(C(C)(C)C)c(O)c(C(C)(C)C)c1.[Ni]. The van der Waals surface area contributed by atoms with Crippen LogP contribution in [0.4, 0.5) is 0 Å². The maximum Gasteiger partial charge on any atom is 0.139 e. The Morgan fingerprint density at radius 2 is 1.48 bits per heavy atom. The molecule has 0 fully saturated rings. The average Bonchev–Trinajstić information content (AvgIpc) is 2.27. The molecule has 136 valence electrons. The van der Waals surface area contributed by atoms with Gasteiger partial charge in [0.05, 0.1) is 6.61 Å². The van der Waals surface area contributed by atoms with Crippen molar-refractivity contribution in [2.45, 2.75) is 65.5 Å². The standard InChI is InChI=1S/C17H29O4P.Ni/c1-8-21-22(19,20)11-12-9-13(16(2,3)4)15(18)14(10-12)17(5,6)7;/h9-10,18H,8,11H2,1-7H3,(H,19,20);/p-1. The first-order chi connectivity index (χ1) is 9.78. The van der Waals surface area contributed by atoms with E-state index in [1.807, 2.05) is 41.5 Å². The number of hydrogen-bond donors (Lipinski definition) is 1. The molecule has 0 amide bonds. The summed E-state index contributed by atoms with van der Waals surface area (Å²) in [7, 11) is -3.91. The van der Waals surface area contributed by atoms with E-state index in [2.05, 4.69) is 0 Å². The number of rotatable bonds is 4. The molecule has 1 unspecified atom stereocenters. The first-order valence-corrected chi connectivity index (χ1v) is 9.32. The van der Waals surface area contributed by atoms with Crippen LogP contribution in [0.2, 0.25) is 0 Å². The molecule has 1 rings (SSSR count). The van der Waals surface area contributed by atoms with Gasteiger partial charge in [0, 0.05) is 22.7 Å². The van der Waals surface area contributed by atoms with Crippen molar-refractivity contribution in [3.8, 4) is 5.75 Å². The second-order valence-electron chi connectivity index (χ2n) is 7.73. The van der Waals surface area contributed by atoms with Crippen molar-refractivity contribution >= 4 is 7.60 Å². The summed E-state index contributed by atoms with van der Waals surface area (Å²) in [5.41, 5.74) is 1.61. The van der Waals surface area contributed by atoms with Gasteiger partial charge in [0.1, 0.15) is 13.3 Å². The molecule has 1 aromatic rings. The minimum Gasteiger partial charge on any atom is -0.778 e. The number of benzene rings is 1. The molecule has 1 aromatic carbocycles. The fourth-order valence-electron chi connectivity index (χ4n) is 2.39. The smallest absolute Gasteiger partial charge is 0.139 e. The van der Waals surface area contributed by atoms with Gasteiger partial charge >= 0.3 is 0 Å². The molecule has 1 N–H and O–H groups in total. The van der Waals surface area contributed by atoms with E-state index in [0.29, 0.717) is 5.56 Å². The molecule has 0 aliphatic carbocycles. The van der Waals surface area contributed by atoms with Crippen molar-refractivity contribution in [2.75, 3.05) is 6.61 Å². The van der Waals surface area contributed by atoms with Gasteiger partial charge in [0.15, 0.2) is 0 Å². The van der Waals surface area contributed by atoms with Gasteiger partial charge < -0.3 is 19.1 Å². The number of aromatic hydroxyl groups is 1. The number of phenolic OH excluding ortho intramolecular Hbond substituents is 1. The molecule has 0 aliphatic rings. The van der Waals surface area contributed by atoms with Crippen molar-refractivity contribution in [1.82, 2.24) is 0 Å². The minimum atomic E-state index is -3.91. The fraction of sp³-hybridized carbons (Fsp3) is 0.647. The van der Waals surface area contributed by atoms with Gasteiger partial charge in [0.25, 0.3) is 0 Å². The van der Waals surface area contributed by atoms with Crippen molar-refractivity contribution in [2.24, 2.45) is 0 Å². The van der Waals surface area contributed by atoms with E-state index >= 15 is 0 Å². The molecule has 0 aliphatic heterocycles. The maximum absolute atomic E-state index is 11.9. The third kappa shape index (κ3) is 6.23. The molecule has 0 saturated heterocycles. The monoisotopic (exact) mass is 385 g/mol. The molecule has 0 aromatic heterocycles. The molecule has 6 heteroatoms. The third-order valence-electron chi connectivity index (χ3n) is 3.49. The zero-order valence-electron chi connectivity index (χ0n) is 15.0. The van der Waals surface area contributed by atoms with Crippen molar-refractivity contribution in [1.29, 1.82) is 0 Å². The van der Waals surface area contributed by atoms with Crippen LogP contribution in [0.25, 0.3) is 0 Å². The van der Waals surface area contributed by atoms with Gasteiger partial charge in [-0.3, -0.25) is 0 Å². The van der Waals surface area contributed by atoms with Gasteiger partial charge in [-0.05, 0) is 34.4 Å². The average molecular weight is 386 g/mol. The number of phenols is 1. The van der Waals surface area contributed by atoms with E-state index in [1.165, 1.54) is 0 Å². The molecule has 0 heterocycles. The normalized spacial score (nSPS) is 15.0. The van der Waals surface area contributed by atoms with Crippen LogP contribution in [-0.4, -0.2) is 11.7 Å². The second-order valence-corrected chi connectivity index (χ2v) is 9.52. The van der Waals surface area contributed by atoms with Crippen LogP contribution in [0.1, 0.15) is 65.2 Å². The Labute approximate surface area is 150 Å². The van der Waals surface area contributed by atoms with E-state index in [1.54, 1.807) is 19.1 Å². The van der Waals surface area contributed by atoms with E-state index in [0.717, 1.165) is 11.1 Å². The van der Waals surface area contributed by atoms with Crippen LogP contribution in [0.15, 0.2) is 12.1 Å². The maximum atomic E-state index is 11.9. The summed E-state index contributed by atoms with van der Waals surface area (Å²) in [6, 6.07) is 3.54. The van der Waals surface area contributed by atoms with Gasteiger partial charge in [-0.2, -0.15) is 0 Å². The molecular weight excluding hydrogens is 358 g/mol. The van der Waals surface area contributed by atoms with E-state index in [-0.39, 0.29) is 45.8 Å². The molecule has 4 nitrogen and oxygen atoms in total. The molecule has 0 spiro atoms. The topological polar surface area (TPSA) is 69.6 Å². The summed E-state index contributed by atoms with van der Waals surface area (Å²) in [4.78, 5) is 11.9. The summed E-state index contributed by atoms with van der Waals surface area (Å²) in [6.07, 6.45) is -0.159. The molecular formula is C17H28NiO4P-. The van der Waals surface area contributed by atoms with Crippen LogP contribution in [0.3, 0.4) is 0 Å². The van der Waals surface area contributed by atoms with Crippen LogP contribution >= 0.6 is 7.60 Å². The Bertz CT molecular complexity index is 550. The summed E-state index contributed by atoms with van der Waals surface area (Å²) >= 11 is 0. The van der Waals surface area contributed by atoms with Crippen LogP contribution < -0.4 is 4.89 Å². The van der Waals surface area contributed by atoms with Gasteiger partial charge in [0.2, 0.25) is 0 Å². The first kappa shape index (κ1) is 22.7.